The van der Waals surface area contributed by atoms with Gasteiger partial charge < -0.3 is 19.7 Å². The minimum Gasteiger partial charge on any atom is -0.497 e. The van der Waals surface area contributed by atoms with E-state index in [1.165, 1.54) is 44.4 Å². The summed E-state index contributed by atoms with van der Waals surface area (Å²) in [5, 5.41) is 2.69. The molecule has 1 unspecified atom stereocenters. The van der Waals surface area contributed by atoms with E-state index >= 15 is 0 Å². The van der Waals surface area contributed by atoms with E-state index in [-0.39, 0.29) is 35.2 Å². The van der Waals surface area contributed by atoms with E-state index < -0.39 is 28.5 Å². The number of ether oxygens (including phenoxy) is 2. The van der Waals surface area contributed by atoms with E-state index in [1.54, 1.807) is 30.3 Å². The zero-order chi connectivity index (χ0) is 31.7. The van der Waals surface area contributed by atoms with Crippen LogP contribution in [0.3, 0.4) is 0 Å². The summed E-state index contributed by atoms with van der Waals surface area (Å²) >= 11 is 0. The highest BCUT2D eigenvalue weighted by molar-refractivity contribution is 7.92. The molecule has 0 spiro atoms. The third kappa shape index (κ3) is 7.57. The molecule has 4 aromatic rings. The first-order valence-electron chi connectivity index (χ1n) is 14.1. The molecule has 0 radical (unpaired) electrons. The lowest BCUT2D eigenvalue weighted by Crippen LogP contribution is -2.53. The molecule has 0 bridgehead atoms. The Labute approximate surface area is 259 Å². The number of aryl methyl sites for hydroxylation is 1. The molecule has 0 aromatic heterocycles. The lowest BCUT2D eigenvalue weighted by atomic mass is 10.0. The van der Waals surface area contributed by atoms with Crippen molar-refractivity contribution in [3.05, 3.63) is 120 Å². The minimum absolute atomic E-state index is 0.00473. The average molecular weight is 616 g/mol. The number of carbonyl (C=O) groups is 2. The van der Waals surface area contributed by atoms with Crippen molar-refractivity contribution in [2.75, 3.05) is 32.1 Å². The van der Waals surface area contributed by atoms with Crippen LogP contribution in [0.4, 0.5) is 5.69 Å². The van der Waals surface area contributed by atoms with E-state index in [0.717, 1.165) is 21.0 Å². The first-order valence-corrected chi connectivity index (χ1v) is 15.5. The molecule has 4 rings (SSSR count). The summed E-state index contributed by atoms with van der Waals surface area (Å²) in [5.41, 5.74) is 2.82. The molecule has 0 saturated heterocycles. The van der Waals surface area contributed by atoms with E-state index in [4.69, 9.17) is 9.47 Å². The second-order valence-corrected chi connectivity index (χ2v) is 12.1. The largest absolute Gasteiger partial charge is 0.497 e. The zero-order valence-corrected chi connectivity index (χ0v) is 26.1. The Bertz CT molecular complexity index is 1660. The Balaban J connectivity index is 1.84. The van der Waals surface area contributed by atoms with Gasteiger partial charge >= 0.3 is 0 Å². The first kappa shape index (κ1) is 32.1. The van der Waals surface area contributed by atoms with Gasteiger partial charge in [-0.2, -0.15) is 0 Å². The predicted octanol–water partition coefficient (Wildman–Crippen LogP) is 4.59. The summed E-state index contributed by atoms with van der Waals surface area (Å²) in [7, 11) is 0.125. The SMILES string of the molecule is CNC(=O)C(Cc1ccccc1)N(Cc1ccc(C)cc1)C(=O)CN(c1cc(OC)ccc1OC)S(=O)(=O)c1ccccc1. The van der Waals surface area contributed by atoms with E-state index in [2.05, 4.69) is 5.32 Å². The minimum atomic E-state index is -4.28. The number of hydrogen-bond donors (Lipinski definition) is 1. The Morgan fingerprint density at radius 3 is 2.05 bits per heavy atom. The summed E-state index contributed by atoms with van der Waals surface area (Å²) in [6.45, 7) is 1.44. The summed E-state index contributed by atoms with van der Waals surface area (Å²) in [5.74, 6) is -0.328. The topological polar surface area (TPSA) is 105 Å². The van der Waals surface area contributed by atoms with E-state index in [1.807, 2.05) is 61.5 Å². The van der Waals surface area contributed by atoms with Gasteiger partial charge in [0, 0.05) is 26.1 Å². The van der Waals surface area contributed by atoms with Crippen LogP contribution >= 0.6 is 0 Å². The van der Waals surface area contributed by atoms with Gasteiger partial charge in [-0.05, 0) is 42.3 Å². The molecule has 9 nitrogen and oxygen atoms in total. The summed E-state index contributed by atoms with van der Waals surface area (Å²) in [4.78, 5) is 29.3. The standard InChI is InChI=1S/C34H37N3O6S/c1-25-15-17-27(18-16-25)23-36(31(34(39)35-2)21-26-11-7-5-8-12-26)33(38)24-37(44(40,41)29-13-9-6-10-14-29)30-22-28(42-3)19-20-32(30)43-4/h5-20,22,31H,21,23-24H2,1-4H3,(H,35,39). The number of likely N-dealkylation sites (N-methyl/N-ethyl adjacent to an activating group) is 1. The number of sulfonamides is 1. The molecule has 1 atom stereocenters. The van der Waals surface area contributed by atoms with Gasteiger partial charge in [0.25, 0.3) is 10.0 Å². The van der Waals surface area contributed by atoms with Crippen molar-refractivity contribution in [2.45, 2.75) is 30.8 Å². The van der Waals surface area contributed by atoms with Crippen molar-refractivity contribution >= 4 is 27.5 Å². The average Bonchev–Trinajstić information content (AvgIpc) is 3.06. The molecule has 0 aliphatic heterocycles. The predicted molar refractivity (Wildman–Crippen MR) is 170 cm³/mol. The number of hydrogen-bond acceptors (Lipinski definition) is 6. The lowest BCUT2D eigenvalue weighted by molar-refractivity contribution is -0.139. The smallest absolute Gasteiger partial charge is 0.264 e. The maximum atomic E-state index is 14.5. The number of carbonyl (C=O) groups excluding carboxylic acids is 2. The fourth-order valence-corrected chi connectivity index (χ4v) is 6.27. The van der Waals surface area contributed by atoms with Gasteiger partial charge in [-0.25, -0.2) is 8.42 Å². The molecule has 4 aromatic carbocycles. The van der Waals surface area contributed by atoms with Crippen LogP contribution in [0.2, 0.25) is 0 Å². The van der Waals surface area contributed by atoms with Crippen LogP contribution in [-0.2, 0) is 32.6 Å². The van der Waals surface area contributed by atoms with Gasteiger partial charge in [-0.15, -0.1) is 0 Å². The number of rotatable bonds is 13. The van der Waals surface area contributed by atoms with Crippen molar-refractivity contribution < 1.29 is 27.5 Å². The number of benzene rings is 4. The summed E-state index contributed by atoms with van der Waals surface area (Å²) < 4.78 is 40.3. The first-order chi connectivity index (χ1) is 21.2. The number of amides is 2. The second kappa shape index (κ2) is 14.6. The summed E-state index contributed by atoms with van der Waals surface area (Å²) in [6, 6.07) is 28.7. The van der Waals surface area contributed by atoms with Crippen molar-refractivity contribution in [3.63, 3.8) is 0 Å². The van der Waals surface area contributed by atoms with Crippen LogP contribution in [0, 0.1) is 6.92 Å². The molecule has 0 saturated carbocycles. The Morgan fingerprint density at radius 2 is 1.45 bits per heavy atom. The highest BCUT2D eigenvalue weighted by Crippen LogP contribution is 2.36. The van der Waals surface area contributed by atoms with Gasteiger partial charge in [-0.1, -0.05) is 78.4 Å². The molecule has 0 aliphatic rings. The maximum absolute atomic E-state index is 14.5. The van der Waals surface area contributed by atoms with E-state index in [0.29, 0.717) is 5.75 Å². The van der Waals surface area contributed by atoms with E-state index in [9.17, 15) is 18.0 Å². The van der Waals surface area contributed by atoms with Crippen LogP contribution in [0.1, 0.15) is 16.7 Å². The Kier molecular flexibility index (Phi) is 10.6. The molecular weight excluding hydrogens is 578 g/mol. The Hall–Kier alpha value is -4.83. The van der Waals surface area contributed by atoms with Crippen LogP contribution in [0.5, 0.6) is 11.5 Å². The highest BCUT2D eigenvalue weighted by atomic mass is 32.2. The van der Waals surface area contributed by atoms with Gasteiger partial charge in [0.1, 0.15) is 24.1 Å². The normalized spacial score (nSPS) is 11.7. The molecule has 230 valence electrons. The third-order valence-corrected chi connectivity index (χ3v) is 9.03. The highest BCUT2D eigenvalue weighted by Gasteiger charge is 2.35. The van der Waals surface area contributed by atoms with Crippen LogP contribution in [0.15, 0.2) is 108 Å². The number of nitrogens with zero attached hydrogens (tertiary/aromatic N) is 2. The van der Waals surface area contributed by atoms with Crippen LogP contribution < -0.4 is 19.1 Å². The van der Waals surface area contributed by atoms with Crippen molar-refractivity contribution in [3.8, 4) is 11.5 Å². The quantitative estimate of drug-likeness (QED) is 0.236. The molecule has 10 heteroatoms. The van der Waals surface area contributed by atoms with Gasteiger partial charge in [-0.3, -0.25) is 13.9 Å². The zero-order valence-electron chi connectivity index (χ0n) is 25.3. The summed E-state index contributed by atoms with van der Waals surface area (Å²) in [6.07, 6.45) is 0.228. The van der Waals surface area contributed by atoms with Gasteiger partial charge in [0.05, 0.1) is 24.8 Å². The second-order valence-electron chi connectivity index (χ2n) is 10.2. The number of nitrogens with one attached hydrogen (secondary N) is 1. The lowest BCUT2D eigenvalue weighted by Gasteiger charge is -2.34. The molecule has 0 fully saturated rings. The molecule has 44 heavy (non-hydrogen) atoms. The Morgan fingerprint density at radius 1 is 0.818 bits per heavy atom. The van der Waals surface area contributed by atoms with Gasteiger partial charge in [0.2, 0.25) is 11.8 Å². The molecule has 1 N–H and O–H groups in total. The fourth-order valence-electron chi connectivity index (χ4n) is 4.84. The van der Waals surface area contributed by atoms with Gasteiger partial charge in [0.15, 0.2) is 0 Å². The fraction of sp³-hybridized carbons (Fsp3) is 0.235. The van der Waals surface area contributed by atoms with Crippen molar-refractivity contribution in [2.24, 2.45) is 0 Å². The number of methoxy groups -OCH3 is 2. The van der Waals surface area contributed by atoms with Crippen LogP contribution in [0.25, 0.3) is 0 Å². The maximum Gasteiger partial charge on any atom is 0.264 e. The van der Waals surface area contributed by atoms with Crippen molar-refractivity contribution in [1.82, 2.24) is 10.2 Å². The third-order valence-electron chi connectivity index (χ3n) is 7.26. The monoisotopic (exact) mass is 615 g/mol. The molecule has 0 heterocycles. The number of anilines is 1. The molecule has 0 aliphatic carbocycles. The van der Waals surface area contributed by atoms with Crippen molar-refractivity contribution in [1.29, 1.82) is 0 Å². The van der Waals surface area contributed by atoms with Crippen LogP contribution in [-0.4, -0.2) is 59.0 Å². The molecular formula is C34H37N3O6S. The molecule has 2 amide bonds.